The number of allylic oxidation sites excluding steroid dienone is 1. The van der Waals surface area contributed by atoms with Crippen LogP contribution in [0.3, 0.4) is 0 Å². The Morgan fingerprint density at radius 3 is 2.20 bits per heavy atom. The van der Waals surface area contributed by atoms with Crippen LogP contribution in [0.5, 0.6) is 11.5 Å². The number of hydrogen-bond donors (Lipinski definition) is 0. The van der Waals surface area contributed by atoms with Crippen molar-refractivity contribution in [1.29, 1.82) is 0 Å². The summed E-state index contributed by atoms with van der Waals surface area (Å²) < 4.78 is 8.76. The lowest BCUT2D eigenvalue weighted by Crippen LogP contribution is -2.15. The molecule has 8 rings (SSSR count). The predicted molar refractivity (Wildman–Crippen MR) is 168 cm³/mol. The standard InChI is InChI=1S/C37H26N2O/c1-24(2)38-33-21-17-25-10-6-7-13-29(25)37(33)30-19-16-26(22-34(30)38)27-18-20-32-36(23-27)40-35-15-9-8-14-31(35)39(32)28-11-4-3-5-12-28/h3-23H,1H2,2H3. The Kier molecular flexibility index (Phi) is 4.89. The molecule has 190 valence electrons. The number of hydrogen-bond acceptors (Lipinski definition) is 2. The molecule has 0 aliphatic carbocycles. The average Bonchev–Trinajstić information content (AvgIpc) is 3.34. The van der Waals surface area contributed by atoms with Crippen LogP contribution in [-0.2, 0) is 0 Å². The maximum atomic E-state index is 6.48. The normalized spacial score (nSPS) is 12.4. The maximum absolute atomic E-state index is 6.48. The topological polar surface area (TPSA) is 17.4 Å². The minimum Gasteiger partial charge on any atom is -0.453 e. The molecule has 6 aromatic carbocycles. The number of anilines is 3. The first-order chi connectivity index (χ1) is 19.7. The fourth-order valence-corrected chi connectivity index (χ4v) is 6.17. The van der Waals surface area contributed by atoms with Crippen LogP contribution in [0.2, 0.25) is 0 Å². The van der Waals surface area contributed by atoms with Gasteiger partial charge in [0.15, 0.2) is 11.5 Å². The van der Waals surface area contributed by atoms with E-state index in [0.717, 1.165) is 50.9 Å². The first kappa shape index (κ1) is 22.7. The van der Waals surface area contributed by atoms with Crippen molar-refractivity contribution in [1.82, 2.24) is 4.57 Å². The Hall–Kier alpha value is -5.28. The number of para-hydroxylation sites is 3. The van der Waals surface area contributed by atoms with E-state index in [1.165, 1.54) is 27.1 Å². The third-order valence-electron chi connectivity index (χ3n) is 7.91. The van der Waals surface area contributed by atoms with Gasteiger partial charge in [0.2, 0.25) is 0 Å². The fraction of sp³-hybridized carbons (Fsp3) is 0.0270. The van der Waals surface area contributed by atoms with Gasteiger partial charge in [-0.05, 0) is 77.4 Å². The van der Waals surface area contributed by atoms with Gasteiger partial charge < -0.3 is 14.2 Å². The Bertz CT molecular complexity index is 2120. The highest BCUT2D eigenvalue weighted by Crippen LogP contribution is 2.51. The van der Waals surface area contributed by atoms with Crippen LogP contribution in [0.15, 0.2) is 134 Å². The summed E-state index contributed by atoms with van der Waals surface area (Å²) in [4.78, 5) is 2.27. The third-order valence-corrected chi connectivity index (χ3v) is 7.91. The first-order valence-corrected chi connectivity index (χ1v) is 13.6. The number of aromatic nitrogens is 1. The van der Waals surface area contributed by atoms with Crippen molar-refractivity contribution >= 4 is 55.3 Å². The average molecular weight is 515 g/mol. The zero-order valence-corrected chi connectivity index (χ0v) is 22.1. The van der Waals surface area contributed by atoms with E-state index in [-0.39, 0.29) is 0 Å². The molecule has 0 unspecified atom stereocenters. The van der Waals surface area contributed by atoms with E-state index >= 15 is 0 Å². The molecule has 0 saturated heterocycles. The molecule has 0 atom stereocenters. The van der Waals surface area contributed by atoms with Gasteiger partial charge in [0.1, 0.15) is 0 Å². The summed E-state index contributed by atoms with van der Waals surface area (Å²) in [5, 5.41) is 5.01. The monoisotopic (exact) mass is 514 g/mol. The van der Waals surface area contributed by atoms with E-state index in [4.69, 9.17) is 4.74 Å². The van der Waals surface area contributed by atoms with E-state index in [1.54, 1.807) is 0 Å². The van der Waals surface area contributed by atoms with Gasteiger partial charge in [-0.15, -0.1) is 0 Å². The van der Waals surface area contributed by atoms with Crippen LogP contribution in [0.4, 0.5) is 17.1 Å². The molecule has 1 aliphatic rings. The first-order valence-electron chi connectivity index (χ1n) is 13.6. The second-order valence-corrected chi connectivity index (χ2v) is 10.4. The molecule has 3 nitrogen and oxygen atoms in total. The molecule has 0 amide bonds. The van der Waals surface area contributed by atoms with E-state index < -0.39 is 0 Å². The van der Waals surface area contributed by atoms with Crippen molar-refractivity contribution in [2.45, 2.75) is 6.92 Å². The Morgan fingerprint density at radius 1 is 0.600 bits per heavy atom. The zero-order valence-electron chi connectivity index (χ0n) is 22.1. The largest absolute Gasteiger partial charge is 0.453 e. The number of nitrogens with zero attached hydrogens (tertiary/aromatic N) is 2. The molecule has 1 aliphatic heterocycles. The van der Waals surface area contributed by atoms with Gasteiger partial charge in [0, 0.05) is 22.2 Å². The molecule has 40 heavy (non-hydrogen) atoms. The van der Waals surface area contributed by atoms with Crippen LogP contribution in [0, 0.1) is 0 Å². The highest BCUT2D eigenvalue weighted by molar-refractivity contribution is 6.22. The van der Waals surface area contributed by atoms with Crippen LogP contribution in [0.1, 0.15) is 6.92 Å². The van der Waals surface area contributed by atoms with E-state index in [0.29, 0.717) is 0 Å². The van der Waals surface area contributed by atoms with Gasteiger partial charge in [-0.1, -0.05) is 85.4 Å². The summed E-state index contributed by atoms with van der Waals surface area (Å²) in [6.07, 6.45) is 0. The van der Waals surface area contributed by atoms with Gasteiger partial charge in [0.05, 0.1) is 22.4 Å². The van der Waals surface area contributed by atoms with Gasteiger partial charge in [-0.3, -0.25) is 0 Å². The lowest BCUT2D eigenvalue weighted by molar-refractivity contribution is 0.477. The van der Waals surface area contributed by atoms with Crippen molar-refractivity contribution in [2.75, 3.05) is 4.90 Å². The van der Waals surface area contributed by atoms with Crippen LogP contribution in [0.25, 0.3) is 49.4 Å². The summed E-state index contributed by atoms with van der Waals surface area (Å²) in [6.45, 7) is 6.41. The summed E-state index contributed by atoms with van der Waals surface area (Å²) in [5.41, 5.74) is 8.75. The number of benzene rings is 6. The lowest BCUT2D eigenvalue weighted by atomic mass is 10.00. The summed E-state index contributed by atoms with van der Waals surface area (Å²) in [6, 6.07) is 45.0. The summed E-state index contributed by atoms with van der Waals surface area (Å²) >= 11 is 0. The van der Waals surface area contributed by atoms with Gasteiger partial charge >= 0.3 is 0 Å². The van der Waals surface area contributed by atoms with Crippen molar-refractivity contribution in [2.24, 2.45) is 0 Å². The Morgan fingerprint density at radius 2 is 1.32 bits per heavy atom. The van der Waals surface area contributed by atoms with Crippen LogP contribution in [-0.4, -0.2) is 4.57 Å². The van der Waals surface area contributed by atoms with E-state index in [2.05, 4.69) is 132 Å². The molecule has 2 heterocycles. The van der Waals surface area contributed by atoms with E-state index in [1.807, 2.05) is 18.2 Å². The Balaban J connectivity index is 1.32. The SMILES string of the molecule is C=C(C)n1c2cc(-c3ccc4c(c3)Oc3ccccc3N4c3ccccc3)ccc2c2c3ccccc3ccc21. The number of fused-ring (bicyclic) bond motifs is 7. The molecule has 3 heteroatoms. The van der Waals surface area contributed by atoms with Crippen molar-refractivity contribution in [3.05, 3.63) is 134 Å². The second kappa shape index (κ2) is 8.62. The van der Waals surface area contributed by atoms with Crippen molar-refractivity contribution < 1.29 is 4.74 Å². The number of ether oxygens (including phenoxy) is 1. The highest BCUT2D eigenvalue weighted by Gasteiger charge is 2.26. The maximum Gasteiger partial charge on any atom is 0.152 e. The summed E-state index contributed by atoms with van der Waals surface area (Å²) in [7, 11) is 0. The quantitative estimate of drug-likeness (QED) is 0.233. The molecule has 0 N–H and O–H groups in total. The third kappa shape index (κ3) is 3.31. The van der Waals surface area contributed by atoms with Gasteiger partial charge in [-0.2, -0.15) is 0 Å². The molecule has 0 spiro atoms. The molecular formula is C37H26N2O. The molecule has 1 aromatic heterocycles. The smallest absolute Gasteiger partial charge is 0.152 e. The lowest BCUT2D eigenvalue weighted by Gasteiger charge is -2.33. The highest BCUT2D eigenvalue weighted by atomic mass is 16.5. The fourth-order valence-electron chi connectivity index (χ4n) is 6.17. The minimum atomic E-state index is 0.839. The van der Waals surface area contributed by atoms with Crippen LogP contribution < -0.4 is 9.64 Å². The van der Waals surface area contributed by atoms with Crippen molar-refractivity contribution in [3.63, 3.8) is 0 Å². The van der Waals surface area contributed by atoms with Crippen LogP contribution >= 0.6 is 0 Å². The molecular weight excluding hydrogens is 488 g/mol. The predicted octanol–water partition coefficient (Wildman–Crippen LogP) is 10.7. The molecule has 7 aromatic rings. The summed E-state index contributed by atoms with van der Waals surface area (Å²) in [5.74, 6) is 1.69. The van der Waals surface area contributed by atoms with Gasteiger partial charge in [-0.25, -0.2) is 0 Å². The minimum absolute atomic E-state index is 0.839. The van der Waals surface area contributed by atoms with E-state index in [9.17, 15) is 0 Å². The van der Waals surface area contributed by atoms with Gasteiger partial charge in [0.25, 0.3) is 0 Å². The number of rotatable bonds is 3. The second-order valence-electron chi connectivity index (χ2n) is 10.4. The molecule has 0 fully saturated rings. The molecule has 0 bridgehead atoms. The molecule has 0 radical (unpaired) electrons. The van der Waals surface area contributed by atoms with Crippen molar-refractivity contribution in [3.8, 4) is 22.6 Å². The Labute approximate surface area is 232 Å². The zero-order chi connectivity index (χ0) is 26.8. The molecule has 0 saturated carbocycles.